The molecule has 140 valence electrons. The molecular formula is C19H16ClFN2O3S. The van der Waals surface area contributed by atoms with E-state index in [0.29, 0.717) is 18.7 Å². The number of nitrogens with zero attached hydrogens (tertiary/aromatic N) is 2. The summed E-state index contributed by atoms with van der Waals surface area (Å²) in [5, 5.41) is 0.739. The van der Waals surface area contributed by atoms with Crippen molar-refractivity contribution < 1.29 is 17.5 Å². The zero-order valence-corrected chi connectivity index (χ0v) is 15.8. The highest BCUT2D eigenvalue weighted by Crippen LogP contribution is 2.29. The van der Waals surface area contributed by atoms with E-state index in [0.717, 1.165) is 23.0 Å². The second-order valence-electron chi connectivity index (χ2n) is 6.30. The summed E-state index contributed by atoms with van der Waals surface area (Å²) in [6, 6.07) is 12.9. The molecule has 1 saturated heterocycles. The summed E-state index contributed by atoms with van der Waals surface area (Å²) in [4.78, 5) is 4.32. The Labute approximate surface area is 161 Å². The molecule has 1 aliphatic heterocycles. The van der Waals surface area contributed by atoms with E-state index in [1.165, 1.54) is 10.4 Å². The summed E-state index contributed by atoms with van der Waals surface area (Å²) < 4.78 is 46.3. The van der Waals surface area contributed by atoms with Crippen LogP contribution >= 0.6 is 11.6 Å². The van der Waals surface area contributed by atoms with Crippen molar-refractivity contribution in [1.82, 2.24) is 9.29 Å². The summed E-state index contributed by atoms with van der Waals surface area (Å²) >= 11 is 5.73. The van der Waals surface area contributed by atoms with Gasteiger partial charge in [0.2, 0.25) is 10.0 Å². The largest absolute Gasteiger partial charge is 0.487 e. The number of benzene rings is 2. The van der Waals surface area contributed by atoms with Crippen LogP contribution in [0.5, 0.6) is 5.75 Å². The van der Waals surface area contributed by atoms with Crippen molar-refractivity contribution in [3.63, 3.8) is 0 Å². The lowest BCUT2D eigenvalue weighted by molar-refractivity contribution is 0.218. The van der Waals surface area contributed by atoms with Crippen LogP contribution in [0.15, 0.2) is 59.6 Å². The van der Waals surface area contributed by atoms with Crippen LogP contribution in [0.4, 0.5) is 4.39 Å². The minimum atomic E-state index is -3.76. The minimum Gasteiger partial charge on any atom is -0.487 e. The lowest BCUT2D eigenvalue weighted by Gasteiger charge is -2.18. The molecule has 0 spiro atoms. The molecule has 0 amide bonds. The first-order valence-electron chi connectivity index (χ1n) is 8.41. The van der Waals surface area contributed by atoms with E-state index < -0.39 is 15.8 Å². The van der Waals surface area contributed by atoms with Gasteiger partial charge < -0.3 is 4.74 Å². The number of aromatic nitrogens is 1. The van der Waals surface area contributed by atoms with E-state index >= 15 is 0 Å². The molecule has 1 fully saturated rings. The van der Waals surface area contributed by atoms with Gasteiger partial charge in [0, 0.05) is 18.1 Å². The van der Waals surface area contributed by atoms with Crippen LogP contribution in [0, 0.1) is 5.82 Å². The average Bonchev–Trinajstić information content (AvgIpc) is 3.14. The molecule has 0 N–H and O–H groups in total. The van der Waals surface area contributed by atoms with Gasteiger partial charge in [0.15, 0.2) is 0 Å². The van der Waals surface area contributed by atoms with Crippen LogP contribution in [0.2, 0.25) is 5.02 Å². The van der Waals surface area contributed by atoms with Crippen molar-refractivity contribution in [3.05, 3.63) is 65.6 Å². The van der Waals surface area contributed by atoms with Gasteiger partial charge in [-0.1, -0.05) is 29.8 Å². The normalized spacial score (nSPS) is 18.1. The fourth-order valence-corrected chi connectivity index (χ4v) is 4.91. The first-order chi connectivity index (χ1) is 12.9. The van der Waals surface area contributed by atoms with Gasteiger partial charge >= 0.3 is 0 Å². The number of sulfonamides is 1. The average molecular weight is 407 g/mol. The van der Waals surface area contributed by atoms with Gasteiger partial charge in [0.25, 0.3) is 0 Å². The van der Waals surface area contributed by atoms with Crippen molar-refractivity contribution in [2.45, 2.75) is 17.4 Å². The van der Waals surface area contributed by atoms with Crippen LogP contribution in [-0.4, -0.2) is 36.9 Å². The van der Waals surface area contributed by atoms with E-state index in [9.17, 15) is 12.8 Å². The van der Waals surface area contributed by atoms with E-state index in [4.69, 9.17) is 16.3 Å². The first-order valence-corrected chi connectivity index (χ1v) is 10.2. The Balaban J connectivity index is 1.53. The van der Waals surface area contributed by atoms with E-state index in [1.54, 1.807) is 6.20 Å². The quantitative estimate of drug-likeness (QED) is 0.660. The van der Waals surface area contributed by atoms with Gasteiger partial charge in [0.1, 0.15) is 23.2 Å². The Morgan fingerprint density at radius 2 is 2.00 bits per heavy atom. The van der Waals surface area contributed by atoms with Crippen LogP contribution in [0.3, 0.4) is 0 Å². The number of pyridine rings is 1. The Bertz CT molecular complexity index is 1100. The first kappa shape index (κ1) is 18.2. The fraction of sp³-hybridized carbons (Fsp3) is 0.211. The van der Waals surface area contributed by atoms with Gasteiger partial charge in [-0.05, 0) is 36.8 Å². The SMILES string of the molecule is O=S(=O)(c1ccc(F)c(Cl)c1)N1CC[C@H](Oc2cccc3cccnc23)C1. The molecule has 0 radical (unpaired) electrons. The van der Waals surface area contributed by atoms with Crippen LogP contribution < -0.4 is 4.74 Å². The second-order valence-corrected chi connectivity index (χ2v) is 8.64. The maximum Gasteiger partial charge on any atom is 0.243 e. The summed E-state index contributed by atoms with van der Waals surface area (Å²) in [5.41, 5.74) is 0.742. The lowest BCUT2D eigenvalue weighted by atomic mass is 10.2. The highest BCUT2D eigenvalue weighted by atomic mass is 35.5. The summed E-state index contributed by atoms with van der Waals surface area (Å²) in [6.07, 6.45) is 1.96. The fourth-order valence-electron chi connectivity index (χ4n) is 3.15. The van der Waals surface area contributed by atoms with Gasteiger partial charge in [-0.3, -0.25) is 4.98 Å². The summed E-state index contributed by atoms with van der Waals surface area (Å²) in [6.45, 7) is 0.529. The smallest absolute Gasteiger partial charge is 0.243 e. The number of hydrogen-bond acceptors (Lipinski definition) is 4. The topological polar surface area (TPSA) is 59.5 Å². The molecule has 0 unspecified atom stereocenters. The molecule has 4 rings (SSSR count). The molecule has 1 aliphatic rings. The number of ether oxygens (including phenoxy) is 1. The zero-order valence-electron chi connectivity index (χ0n) is 14.2. The van der Waals surface area contributed by atoms with E-state index in [1.807, 2.05) is 30.3 Å². The Hall–Kier alpha value is -2.22. The predicted octanol–water partition coefficient (Wildman–Crippen LogP) is 3.87. The van der Waals surface area contributed by atoms with Crippen molar-refractivity contribution in [2.75, 3.05) is 13.1 Å². The molecule has 3 aromatic rings. The number of para-hydroxylation sites is 1. The van der Waals surface area contributed by atoms with Crippen molar-refractivity contribution in [3.8, 4) is 5.75 Å². The predicted molar refractivity (Wildman–Crippen MR) is 101 cm³/mol. The van der Waals surface area contributed by atoms with Gasteiger partial charge in [-0.25, -0.2) is 12.8 Å². The van der Waals surface area contributed by atoms with Crippen molar-refractivity contribution >= 4 is 32.5 Å². The number of fused-ring (bicyclic) bond motifs is 1. The molecular weight excluding hydrogens is 391 g/mol. The van der Waals surface area contributed by atoms with Gasteiger partial charge in [-0.15, -0.1) is 0 Å². The molecule has 27 heavy (non-hydrogen) atoms. The Morgan fingerprint density at radius 3 is 2.81 bits per heavy atom. The van der Waals surface area contributed by atoms with E-state index in [2.05, 4.69) is 4.98 Å². The second kappa shape index (κ2) is 7.07. The Kier molecular flexibility index (Phi) is 4.75. The van der Waals surface area contributed by atoms with Crippen LogP contribution in [0.25, 0.3) is 10.9 Å². The highest BCUT2D eigenvalue weighted by molar-refractivity contribution is 7.89. The lowest BCUT2D eigenvalue weighted by Crippen LogP contribution is -2.31. The zero-order chi connectivity index (χ0) is 19.0. The number of hydrogen-bond donors (Lipinski definition) is 0. The maximum atomic E-state index is 13.3. The monoisotopic (exact) mass is 406 g/mol. The van der Waals surface area contributed by atoms with Gasteiger partial charge in [0.05, 0.1) is 16.5 Å². The molecule has 1 atom stereocenters. The molecule has 0 saturated carbocycles. The van der Waals surface area contributed by atoms with Crippen LogP contribution in [0.1, 0.15) is 6.42 Å². The number of rotatable bonds is 4. The third-order valence-electron chi connectivity index (χ3n) is 4.53. The summed E-state index contributed by atoms with van der Waals surface area (Å²) in [5.74, 6) is -0.0242. The summed E-state index contributed by atoms with van der Waals surface area (Å²) in [7, 11) is -3.76. The van der Waals surface area contributed by atoms with Crippen molar-refractivity contribution in [2.24, 2.45) is 0 Å². The molecule has 2 aromatic carbocycles. The molecule has 1 aromatic heterocycles. The molecule has 8 heteroatoms. The third kappa shape index (κ3) is 3.50. The Morgan fingerprint density at radius 1 is 1.19 bits per heavy atom. The van der Waals surface area contributed by atoms with E-state index in [-0.39, 0.29) is 22.6 Å². The molecule has 5 nitrogen and oxygen atoms in total. The minimum absolute atomic E-state index is 0.0265. The maximum absolute atomic E-state index is 13.3. The molecule has 2 heterocycles. The van der Waals surface area contributed by atoms with Crippen LogP contribution in [-0.2, 0) is 10.0 Å². The molecule has 0 aliphatic carbocycles. The molecule has 0 bridgehead atoms. The standard InChI is InChI=1S/C19H16ClFN2O3S/c20-16-11-15(6-7-17(16)21)27(24,25)23-10-8-14(12-23)26-18-5-1-3-13-4-2-9-22-19(13)18/h1-7,9,11,14H,8,10,12H2/t14-/m0/s1. The highest BCUT2D eigenvalue weighted by Gasteiger charge is 2.34. The van der Waals surface area contributed by atoms with Crippen molar-refractivity contribution in [1.29, 1.82) is 0 Å². The van der Waals surface area contributed by atoms with Gasteiger partial charge in [-0.2, -0.15) is 4.31 Å². The third-order valence-corrected chi connectivity index (χ3v) is 6.68. The number of halogens is 2.